The van der Waals surface area contributed by atoms with Crippen molar-refractivity contribution in [2.24, 2.45) is 0 Å². The van der Waals surface area contributed by atoms with Gasteiger partial charge in [0.05, 0.1) is 11.7 Å². The van der Waals surface area contributed by atoms with E-state index in [1.165, 1.54) is 6.07 Å². The molecule has 2 nitrogen and oxygen atoms in total. The molecule has 0 heterocycles. The fourth-order valence-corrected chi connectivity index (χ4v) is 3.98. The van der Waals surface area contributed by atoms with Gasteiger partial charge in [-0.25, -0.2) is 0 Å². The Hall–Kier alpha value is -2.11. The molecule has 0 saturated carbocycles. The molecule has 0 aliphatic heterocycles. The summed E-state index contributed by atoms with van der Waals surface area (Å²) < 4.78 is 41.0. The van der Waals surface area contributed by atoms with Crippen LogP contribution in [-0.4, -0.2) is 29.6 Å². The molecule has 0 saturated heterocycles. The number of rotatable bonds is 9. The number of nitrogens with zero attached hydrogens (tertiary/aromatic N) is 1. The summed E-state index contributed by atoms with van der Waals surface area (Å²) in [7, 11) is 0. The quantitative estimate of drug-likeness (QED) is 0.381. The normalized spacial score (nSPS) is 13.4. The lowest BCUT2D eigenvalue weighted by Gasteiger charge is -2.25. The Morgan fingerprint density at radius 1 is 0.900 bits per heavy atom. The van der Waals surface area contributed by atoms with Crippen molar-refractivity contribution in [3.63, 3.8) is 0 Å². The minimum Gasteiger partial charge on any atom is -0.387 e. The standard InChI is InChI=1S/C25H30F3NO/c1-3-5-14-29(15-6-4-2)17-23(30)20-13-11-18-10-12-19-8-7-9-22(25(26,27)28)24(19)21(18)16-20/h7-13,16,23,30H,3-6,14-15,17H2,1-2H3. The van der Waals surface area contributed by atoms with Crippen molar-refractivity contribution in [3.05, 3.63) is 59.7 Å². The van der Waals surface area contributed by atoms with Crippen LogP contribution in [0.15, 0.2) is 48.5 Å². The van der Waals surface area contributed by atoms with E-state index < -0.39 is 17.8 Å². The van der Waals surface area contributed by atoms with E-state index in [4.69, 9.17) is 0 Å². The van der Waals surface area contributed by atoms with Crippen LogP contribution >= 0.6 is 0 Å². The largest absolute Gasteiger partial charge is 0.417 e. The maximum Gasteiger partial charge on any atom is 0.417 e. The fraction of sp³-hybridized carbons (Fsp3) is 0.440. The number of fused-ring (bicyclic) bond motifs is 3. The third-order valence-corrected chi connectivity index (χ3v) is 5.66. The second-order valence-corrected chi connectivity index (χ2v) is 7.97. The Morgan fingerprint density at radius 3 is 2.17 bits per heavy atom. The Labute approximate surface area is 176 Å². The van der Waals surface area contributed by atoms with E-state index in [0.717, 1.165) is 50.2 Å². The monoisotopic (exact) mass is 417 g/mol. The predicted octanol–water partition coefficient (Wildman–Crippen LogP) is 6.95. The molecule has 0 aliphatic carbocycles. The van der Waals surface area contributed by atoms with Crippen molar-refractivity contribution in [3.8, 4) is 0 Å². The van der Waals surface area contributed by atoms with Gasteiger partial charge in [0.2, 0.25) is 0 Å². The first kappa shape index (κ1) is 22.6. The Kier molecular flexibility index (Phi) is 7.37. The van der Waals surface area contributed by atoms with Crippen LogP contribution in [-0.2, 0) is 6.18 Å². The smallest absolute Gasteiger partial charge is 0.387 e. The number of unbranched alkanes of at least 4 members (excludes halogenated alkanes) is 2. The second-order valence-electron chi connectivity index (χ2n) is 7.97. The molecule has 162 valence electrons. The first-order valence-corrected chi connectivity index (χ1v) is 10.8. The third-order valence-electron chi connectivity index (χ3n) is 5.66. The van der Waals surface area contributed by atoms with Crippen molar-refractivity contribution in [2.75, 3.05) is 19.6 Å². The zero-order chi connectivity index (χ0) is 21.7. The van der Waals surface area contributed by atoms with E-state index in [2.05, 4.69) is 18.7 Å². The van der Waals surface area contributed by atoms with Gasteiger partial charge in [-0.3, -0.25) is 0 Å². The SMILES string of the molecule is CCCCN(CCCC)CC(O)c1ccc2ccc3cccc(C(F)(F)F)c3c2c1. The number of hydrogen-bond donors (Lipinski definition) is 1. The van der Waals surface area contributed by atoms with Gasteiger partial charge >= 0.3 is 6.18 Å². The molecule has 1 atom stereocenters. The van der Waals surface area contributed by atoms with Gasteiger partial charge in [0.1, 0.15) is 0 Å². The van der Waals surface area contributed by atoms with Crippen molar-refractivity contribution in [2.45, 2.75) is 51.8 Å². The lowest BCUT2D eigenvalue weighted by Crippen LogP contribution is -2.30. The highest BCUT2D eigenvalue weighted by molar-refractivity contribution is 6.09. The number of alkyl halides is 3. The Bertz CT molecular complexity index is 975. The fourth-order valence-electron chi connectivity index (χ4n) is 3.98. The Balaban J connectivity index is 1.99. The van der Waals surface area contributed by atoms with E-state index in [-0.39, 0.29) is 5.39 Å². The first-order chi connectivity index (χ1) is 14.3. The Morgan fingerprint density at radius 2 is 1.53 bits per heavy atom. The van der Waals surface area contributed by atoms with Gasteiger partial charge in [-0.05, 0) is 59.8 Å². The molecule has 3 aromatic rings. The van der Waals surface area contributed by atoms with Crippen LogP contribution in [0.4, 0.5) is 13.2 Å². The molecule has 0 aliphatic rings. The van der Waals surface area contributed by atoms with Crippen molar-refractivity contribution < 1.29 is 18.3 Å². The lowest BCUT2D eigenvalue weighted by molar-refractivity contribution is -0.136. The summed E-state index contributed by atoms with van der Waals surface area (Å²) >= 11 is 0. The zero-order valence-electron chi connectivity index (χ0n) is 17.7. The minimum atomic E-state index is -4.43. The topological polar surface area (TPSA) is 23.5 Å². The molecule has 30 heavy (non-hydrogen) atoms. The van der Waals surface area contributed by atoms with E-state index in [0.29, 0.717) is 22.9 Å². The van der Waals surface area contributed by atoms with Gasteiger partial charge in [0, 0.05) is 11.9 Å². The molecule has 3 aromatic carbocycles. The molecule has 0 bridgehead atoms. The maximum absolute atomic E-state index is 13.7. The maximum atomic E-state index is 13.7. The number of halogens is 3. The minimum absolute atomic E-state index is 0.199. The average molecular weight is 418 g/mol. The van der Waals surface area contributed by atoms with Gasteiger partial charge in [-0.15, -0.1) is 0 Å². The summed E-state index contributed by atoms with van der Waals surface area (Å²) in [5.74, 6) is 0. The summed E-state index contributed by atoms with van der Waals surface area (Å²) in [5.41, 5.74) is 0.0229. The van der Waals surface area contributed by atoms with Gasteiger partial charge in [0.25, 0.3) is 0 Å². The highest BCUT2D eigenvalue weighted by atomic mass is 19.4. The summed E-state index contributed by atoms with van der Waals surface area (Å²) in [4.78, 5) is 2.26. The molecular formula is C25H30F3NO. The molecular weight excluding hydrogens is 387 g/mol. The molecule has 1 N–H and O–H groups in total. The van der Waals surface area contributed by atoms with Crippen LogP contribution < -0.4 is 0 Å². The van der Waals surface area contributed by atoms with Crippen molar-refractivity contribution in [1.29, 1.82) is 0 Å². The third kappa shape index (κ3) is 5.13. The molecule has 0 spiro atoms. The molecule has 0 radical (unpaired) electrons. The highest BCUT2D eigenvalue weighted by Crippen LogP contribution is 2.38. The average Bonchev–Trinajstić information content (AvgIpc) is 2.73. The summed E-state index contributed by atoms with van der Waals surface area (Å²) in [5, 5.41) is 12.9. The van der Waals surface area contributed by atoms with Crippen molar-refractivity contribution in [1.82, 2.24) is 4.90 Å². The van der Waals surface area contributed by atoms with E-state index in [9.17, 15) is 18.3 Å². The van der Waals surface area contributed by atoms with E-state index >= 15 is 0 Å². The molecule has 5 heteroatoms. The molecule has 0 fully saturated rings. The van der Waals surface area contributed by atoms with Crippen LogP contribution in [0.25, 0.3) is 21.5 Å². The number of benzene rings is 3. The van der Waals surface area contributed by atoms with Gasteiger partial charge < -0.3 is 10.0 Å². The predicted molar refractivity (Wildman–Crippen MR) is 118 cm³/mol. The number of aliphatic hydroxyl groups excluding tert-OH is 1. The molecule has 3 rings (SSSR count). The van der Waals surface area contributed by atoms with Crippen LogP contribution in [0, 0.1) is 0 Å². The van der Waals surface area contributed by atoms with Gasteiger partial charge in [0.15, 0.2) is 0 Å². The van der Waals surface area contributed by atoms with Crippen LogP contribution in [0.5, 0.6) is 0 Å². The molecule has 0 amide bonds. The van der Waals surface area contributed by atoms with E-state index in [1.54, 1.807) is 18.2 Å². The second kappa shape index (κ2) is 9.80. The highest BCUT2D eigenvalue weighted by Gasteiger charge is 2.33. The van der Waals surface area contributed by atoms with Crippen LogP contribution in [0.3, 0.4) is 0 Å². The summed E-state index contributed by atoms with van der Waals surface area (Å²) in [6, 6.07) is 13.2. The zero-order valence-corrected chi connectivity index (χ0v) is 17.7. The lowest BCUT2D eigenvalue weighted by atomic mass is 9.95. The van der Waals surface area contributed by atoms with Crippen molar-refractivity contribution >= 4 is 21.5 Å². The number of aliphatic hydroxyl groups is 1. The summed E-state index contributed by atoms with van der Waals surface area (Å²) in [6.07, 6.45) is -0.876. The molecule has 1 unspecified atom stereocenters. The molecule has 0 aromatic heterocycles. The summed E-state index contributed by atoms with van der Waals surface area (Å²) in [6.45, 7) is 6.61. The van der Waals surface area contributed by atoms with Crippen LogP contribution in [0.2, 0.25) is 0 Å². The van der Waals surface area contributed by atoms with Gasteiger partial charge in [-0.1, -0.05) is 63.1 Å². The van der Waals surface area contributed by atoms with E-state index in [1.807, 2.05) is 18.2 Å². The number of hydrogen-bond acceptors (Lipinski definition) is 2. The van der Waals surface area contributed by atoms with Gasteiger partial charge in [-0.2, -0.15) is 13.2 Å². The first-order valence-electron chi connectivity index (χ1n) is 10.8. The van der Waals surface area contributed by atoms with Crippen LogP contribution in [0.1, 0.15) is 56.8 Å².